The second-order valence-corrected chi connectivity index (χ2v) is 5.35. The minimum atomic E-state index is -0.859. The van der Waals surface area contributed by atoms with Crippen molar-refractivity contribution >= 4 is 27.7 Å². The van der Waals surface area contributed by atoms with Crippen molar-refractivity contribution in [1.29, 1.82) is 0 Å². The van der Waals surface area contributed by atoms with Crippen LogP contribution in [0.4, 0.5) is 0 Å². The highest BCUT2D eigenvalue weighted by Gasteiger charge is 2.28. The van der Waals surface area contributed by atoms with Gasteiger partial charge in [0.25, 0.3) is 5.78 Å². The SMILES string of the molecule is CCOC(=O)C(=O)c1c(Br)cc2c(c1CC)OCCCO2. The third-order valence-corrected chi connectivity index (χ3v) is 3.76. The second kappa shape index (κ2) is 6.93. The van der Waals surface area contributed by atoms with Gasteiger partial charge in [-0.1, -0.05) is 6.92 Å². The van der Waals surface area contributed by atoms with Crippen molar-refractivity contribution in [2.24, 2.45) is 0 Å². The molecule has 1 aromatic carbocycles. The van der Waals surface area contributed by atoms with Gasteiger partial charge in [0, 0.05) is 16.5 Å². The quantitative estimate of drug-likeness (QED) is 0.471. The largest absolute Gasteiger partial charge is 0.490 e. The zero-order valence-corrected chi connectivity index (χ0v) is 13.6. The molecule has 1 aliphatic heterocycles. The number of hydrogen-bond acceptors (Lipinski definition) is 5. The molecule has 2 rings (SSSR count). The summed E-state index contributed by atoms with van der Waals surface area (Å²) in [6, 6.07) is 1.67. The summed E-state index contributed by atoms with van der Waals surface area (Å²) in [4.78, 5) is 24.0. The Bertz CT molecular complexity index is 568. The van der Waals surface area contributed by atoms with E-state index in [2.05, 4.69) is 15.9 Å². The number of hydrogen-bond donors (Lipinski definition) is 0. The molecule has 1 heterocycles. The highest BCUT2D eigenvalue weighted by Crippen LogP contribution is 2.40. The number of ether oxygens (including phenoxy) is 3. The molecule has 0 saturated heterocycles. The first kappa shape index (κ1) is 15.8. The lowest BCUT2D eigenvalue weighted by atomic mass is 9.99. The molecule has 0 radical (unpaired) electrons. The Morgan fingerprint density at radius 2 is 2.00 bits per heavy atom. The monoisotopic (exact) mass is 356 g/mol. The number of carbonyl (C=O) groups is 2. The van der Waals surface area contributed by atoms with Crippen molar-refractivity contribution < 1.29 is 23.8 Å². The molecular weight excluding hydrogens is 340 g/mol. The highest BCUT2D eigenvalue weighted by atomic mass is 79.9. The van der Waals surface area contributed by atoms with E-state index in [9.17, 15) is 9.59 Å². The molecule has 21 heavy (non-hydrogen) atoms. The number of ketones is 1. The molecule has 6 heteroatoms. The molecule has 0 saturated carbocycles. The fourth-order valence-electron chi connectivity index (χ4n) is 2.22. The molecule has 114 valence electrons. The maximum absolute atomic E-state index is 12.3. The van der Waals surface area contributed by atoms with Crippen molar-refractivity contribution in [3.05, 3.63) is 21.7 Å². The van der Waals surface area contributed by atoms with Gasteiger partial charge in [-0.3, -0.25) is 4.79 Å². The molecule has 0 unspecified atom stereocenters. The Kier molecular flexibility index (Phi) is 5.22. The molecule has 0 N–H and O–H groups in total. The summed E-state index contributed by atoms with van der Waals surface area (Å²) in [7, 11) is 0. The Balaban J connectivity index is 2.53. The number of benzene rings is 1. The molecular formula is C15H17BrO5. The fourth-order valence-corrected chi connectivity index (χ4v) is 2.85. The van der Waals surface area contributed by atoms with Crippen LogP contribution in [0, 0.1) is 0 Å². The van der Waals surface area contributed by atoms with E-state index in [1.807, 2.05) is 6.92 Å². The van der Waals surface area contributed by atoms with Gasteiger partial charge in [-0.25, -0.2) is 4.79 Å². The Hall–Kier alpha value is -1.56. The Morgan fingerprint density at radius 1 is 1.29 bits per heavy atom. The molecule has 1 aliphatic rings. The lowest BCUT2D eigenvalue weighted by molar-refractivity contribution is -0.137. The molecule has 0 amide bonds. The van der Waals surface area contributed by atoms with Crippen LogP contribution in [0.5, 0.6) is 11.5 Å². The Morgan fingerprint density at radius 3 is 2.67 bits per heavy atom. The number of rotatable bonds is 4. The minimum Gasteiger partial charge on any atom is -0.490 e. The molecule has 5 nitrogen and oxygen atoms in total. The molecule has 0 atom stereocenters. The lowest BCUT2D eigenvalue weighted by Gasteiger charge is -2.16. The van der Waals surface area contributed by atoms with Gasteiger partial charge in [-0.2, -0.15) is 0 Å². The van der Waals surface area contributed by atoms with Gasteiger partial charge >= 0.3 is 5.97 Å². The Labute approximate surface area is 131 Å². The van der Waals surface area contributed by atoms with Crippen LogP contribution in [0.25, 0.3) is 0 Å². The summed E-state index contributed by atoms with van der Waals surface area (Å²) in [5.74, 6) is -0.388. The van der Waals surface area contributed by atoms with Gasteiger partial charge in [-0.05, 0) is 35.3 Å². The summed E-state index contributed by atoms with van der Waals surface area (Å²) in [5, 5.41) is 0. The first-order valence-electron chi connectivity index (χ1n) is 6.92. The van der Waals surface area contributed by atoms with E-state index in [1.165, 1.54) is 0 Å². The van der Waals surface area contributed by atoms with Crippen LogP contribution >= 0.6 is 15.9 Å². The second-order valence-electron chi connectivity index (χ2n) is 4.49. The normalized spacial score (nSPS) is 13.5. The van der Waals surface area contributed by atoms with E-state index in [0.717, 1.165) is 6.42 Å². The van der Waals surface area contributed by atoms with E-state index < -0.39 is 11.8 Å². The van der Waals surface area contributed by atoms with Gasteiger partial charge in [0.05, 0.1) is 25.4 Å². The van der Waals surface area contributed by atoms with Crippen molar-refractivity contribution in [2.75, 3.05) is 19.8 Å². The maximum atomic E-state index is 12.3. The number of Topliss-reactive ketones (excluding diaryl/α,β-unsaturated/α-hetero) is 1. The smallest absolute Gasteiger partial charge is 0.379 e. The topological polar surface area (TPSA) is 61.8 Å². The third kappa shape index (κ3) is 3.20. The van der Waals surface area contributed by atoms with E-state index >= 15 is 0 Å². The van der Waals surface area contributed by atoms with Crippen LogP contribution in [-0.2, 0) is 16.0 Å². The number of fused-ring (bicyclic) bond motifs is 1. The maximum Gasteiger partial charge on any atom is 0.379 e. The number of esters is 1. The van der Waals surface area contributed by atoms with Crippen LogP contribution in [0.1, 0.15) is 36.2 Å². The van der Waals surface area contributed by atoms with E-state index in [0.29, 0.717) is 46.7 Å². The van der Waals surface area contributed by atoms with Gasteiger partial charge in [0.1, 0.15) is 0 Å². The molecule has 0 spiro atoms. The first-order valence-corrected chi connectivity index (χ1v) is 7.71. The first-order chi connectivity index (χ1) is 10.1. The van der Waals surface area contributed by atoms with Gasteiger partial charge < -0.3 is 14.2 Å². The zero-order valence-electron chi connectivity index (χ0n) is 12.0. The molecule has 0 fully saturated rings. The summed E-state index contributed by atoms with van der Waals surface area (Å²) in [5.41, 5.74) is 0.958. The van der Waals surface area contributed by atoms with Crippen molar-refractivity contribution in [3.8, 4) is 11.5 Å². The van der Waals surface area contributed by atoms with Crippen LogP contribution in [0.15, 0.2) is 10.5 Å². The lowest BCUT2D eigenvalue weighted by Crippen LogP contribution is -2.20. The highest BCUT2D eigenvalue weighted by molar-refractivity contribution is 9.10. The number of halogens is 1. The summed E-state index contributed by atoms with van der Waals surface area (Å²) >= 11 is 3.35. The molecule has 0 aromatic heterocycles. The van der Waals surface area contributed by atoms with Gasteiger partial charge in [0.2, 0.25) is 0 Å². The third-order valence-electron chi connectivity index (χ3n) is 3.13. The summed E-state index contributed by atoms with van der Waals surface area (Å²) in [6.07, 6.45) is 1.32. The van der Waals surface area contributed by atoms with Crippen LogP contribution in [0.3, 0.4) is 0 Å². The summed E-state index contributed by atoms with van der Waals surface area (Å²) in [6.45, 7) is 4.81. The van der Waals surface area contributed by atoms with Crippen molar-refractivity contribution in [1.82, 2.24) is 0 Å². The van der Waals surface area contributed by atoms with E-state index in [-0.39, 0.29) is 6.61 Å². The molecule has 1 aromatic rings. The predicted octanol–water partition coefficient (Wildman–Crippen LogP) is 2.92. The van der Waals surface area contributed by atoms with Crippen LogP contribution in [-0.4, -0.2) is 31.6 Å². The zero-order chi connectivity index (χ0) is 15.4. The van der Waals surface area contributed by atoms with E-state index in [1.54, 1.807) is 13.0 Å². The van der Waals surface area contributed by atoms with Crippen molar-refractivity contribution in [2.45, 2.75) is 26.7 Å². The van der Waals surface area contributed by atoms with Crippen LogP contribution in [0.2, 0.25) is 0 Å². The van der Waals surface area contributed by atoms with Crippen molar-refractivity contribution in [3.63, 3.8) is 0 Å². The average molecular weight is 357 g/mol. The van der Waals surface area contributed by atoms with Gasteiger partial charge in [0.15, 0.2) is 11.5 Å². The number of carbonyl (C=O) groups excluding carboxylic acids is 2. The molecule has 0 aliphatic carbocycles. The fraction of sp³-hybridized carbons (Fsp3) is 0.467. The standard InChI is InChI=1S/C15H17BrO5/c1-3-9-12(13(17)15(18)19-4-2)10(16)8-11-14(9)21-7-5-6-20-11/h8H,3-7H2,1-2H3. The summed E-state index contributed by atoms with van der Waals surface area (Å²) < 4.78 is 16.7. The van der Waals surface area contributed by atoms with E-state index in [4.69, 9.17) is 14.2 Å². The minimum absolute atomic E-state index is 0.161. The van der Waals surface area contributed by atoms with Crippen LogP contribution < -0.4 is 9.47 Å². The average Bonchev–Trinajstić information content (AvgIpc) is 2.70. The predicted molar refractivity (Wildman–Crippen MR) is 80.1 cm³/mol. The molecule has 0 bridgehead atoms. The van der Waals surface area contributed by atoms with Gasteiger partial charge in [-0.15, -0.1) is 0 Å².